The van der Waals surface area contributed by atoms with Gasteiger partial charge in [-0.1, -0.05) is 44.9 Å². The molecule has 4 heteroatoms. The lowest BCUT2D eigenvalue weighted by Gasteiger charge is -2.31. The van der Waals surface area contributed by atoms with Gasteiger partial charge in [0.25, 0.3) is 0 Å². The lowest BCUT2D eigenvalue weighted by Crippen LogP contribution is -2.38. The third kappa shape index (κ3) is 2.86. The van der Waals surface area contributed by atoms with Crippen molar-refractivity contribution in [3.8, 4) is 24.3 Å². The Morgan fingerprint density at radius 3 is 1.00 bits per heavy atom. The van der Waals surface area contributed by atoms with Gasteiger partial charge in [-0.05, 0) is 12.8 Å². The molecule has 0 amide bonds. The van der Waals surface area contributed by atoms with Crippen LogP contribution in [0.5, 0.6) is 0 Å². The van der Waals surface area contributed by atoms with E-state index in [0.717, 1.165) is 44.9 Å². The van der Waals surface area contributed by atoms with Crippen molar-refractivity contribution in [2.45, 2.75) is 57.8 Å². The summed E-state index contributed by atoms with van der Waals surface area (Å²) in [6.45, 7) is 0. The highest BCUT2D eigenvalue weighted by Crippen LogP contribution is 2.46. The summed E-state index contributed by atoms with van der Waals surface area (Å²) in [6, 6.07) is 7.96. The van der Waals surface area contributed by atoms with Crippen LogP contribution in [0.3, 0.4) is 0 Å². The summed E-state index contributed by atoms with van der Waals surface area (Å²) in [7, 11) is 0. The average Bonchev–Trinajstić information content (AvgIpc) is 2.50. The van der Waals surface area contributed by atoms with Gasteiger partial charge in [-0.25, -0.2) is 0 Å². The van der Waals surface area contributed by atoms with Crippen molar-refractivity contribution in [1.82, 2.24) is 0 Å². The van der Waals surface area contributed by atoms with Crippen molar-refractivity contribution in [3.63, 3.8) is 0 Å². The van der Waals surface area contributed by atoms with Crippen LogP contribution in [0.1, 0.15) is 57.8 Å². The Bertz CT molecular complexity index is 394. The predicted molar refractivity (Wildman–Crippen MR) is 68.9 cm³/mol. The number of nitrogens with zero attached hydrogens (tertiary/aromatic N) is 4. The second kappa shape index (κ2) is 6.78. The van der Waals surface area contributed by atoms with Crippen LogP contribution in [0.4, 0.5) is 0 Å². The minimum absolute atomic E-state index is 0.321. The molecule has 0 radical (unpaired) electrons. The van der Waals surface area contributed by atoms with Gasteiger partial charge in [0, 0.05) is 0 Å². The smallest absolute Gasteiger partial charge is 0.175 e. The molecule has 1 saturated carbocycles. The molecule has 1 aliphatic carbocycles. The number of hydrogen-bond donors (Lipinski definition) is 0. The van der Waals surface area contributed by atoms with Crippen molar-refractivity contribution < 1.29 is 0 Å². The molecule has 0 spiro atoms. The Labute approximate surface area is 114 Å². The van der Waals surface area contributed by atoms with E-state index in [9.17, 15) is 21.0 Å². The van der Waals surface area contributed by atoms with E-state index in [1.807, 2.05) is 24.3 Å². The molecule has 1 fully saturated rings. The summed E-state index contributed by atoms with van der Waals surface area (Å²) in [5, 5.41) is 37.7. The summed E-state index contributed by atoms with van der Waals surface area (Å²) in [4.78, 5) is 0. The molecule has 4 nitrogen and oxygen atoms in total. The average molecular weight is 254 g/mol. The molecule has 98 valence electrons. The molecule has 0 heterocycles. The van der Waals surface area contributed by atoms with Crippen LogP contribution < -0.4 is 0 Å². The van der Waals surface area contributed by atoms with E-state index in [1.54, 1.807) is 0 Å². The summed E-state index contributed by atoms with van der Waals surface area (Å²) >= 11 is 0. The largest absolute Gasteiger partial charge is 0.196 e. The fourth-order valence-electron chi connectivity index (χ4n) is 2.75. The van der Waals surface area contributed by atoms with Gasteiger partial charge < -0.3 is 0 Å². The maximum absolute atomic E-state index is 9.41. The zero-order valence-electron chi connectivity index (χ0n) is 11.2. The van der Waals surface area contributed by atoms with Crippen LogP contribution in [0, 0.1) is 56.2 Å². The van der Waals surface area contributed by atoms with Gasteiger partial charge >= 0.3 is 0 Å². The van der Waals surface area contributed by atoms with Gasteiger partial charge in [-0.3, -0.25) is 0 Å². The van der Waals surface area contributed by atoms with Gasteiger partial charge in [0.15, 0.2) is 10.8 Å². The molecule has 0 aromatic carbocycles. The van der Waals surface area contributed by atoms with E-state index in [2.05, 4.69) is 0 Å². The van der Waals surface area contributed by atoms with Gasteiger partial charge in [0.2, 0.25) is 0 Å². The van der Waals surface area contributed by atoms with E-state index >= 15 is 0 Å². The highest BCUT2D eigenvalue weighted by Gasteiger charge is 2.53. The Morgan fingerprint density at radius 1 is 0.474 bits per heavy atom. The molecule has 0 aromatic heterocycles. The molecule has 0 unspecified atom stereocenters. The van der Waals surface area contributed by atoms with Gasteiger partial charge in [0.1, 0.15) is 0 Å². The first-order chi connectivity index (χ1) is 9.20. The van der Waals surface area contributed by atoms with Crippen LogP contribution in [-0.4, -0.2) is 0 Å². The minimum Gasteiger partial charge on any atom is -0.196 e. The number of rotatable bonds is 0. The first kappa shape index (κ1) is 15.0. The second-order valence-corrected chi connectivity index (χ2v) is 5.23. The Kier molecular flexibility index (Phi) is 5.36. The van der Waals surface area contributed by atoms with Crippen LogP contribution in [0.15, 0.2) is 0 Å². The first-order valence-corrected chi connectivity index (χ1v) is 6.85. The summed E-state index contributed by atoms with van der Waals surface area (Å²) in [6.07, 6.45) is 7.35. The van der Waals surface area contributed by atoms with E-state index in [4.69, 9.17) is 0 Å². The molecule has 0 saturated heterocycles. The summed E-state index contributed by atoms with van der Waals surface area (Å²) in [5.41, 5.74) is -2.97. The van der Waals surface area contributed by atoms with Crippen LogP contribution in [0.25, 0.3) is 0 Å². The molecule has 0 N–H and O–H groups in total. The maximum Gasteiger partial charge on any atom is 0.175 e. The zero-order chi connectivity index (χ0) is 14.2. The highest BCUT2D eigenvalue weighted by molar-refractivity contribution is 5.34. The second-order valence-electron chi connectivity index (χ2n) is 5.23. The van der Waals surface area contributed by atoms with Gasteiger partial charge in [0.05, 0.1) is 24.3 Å². The normalized spacial score (nSPS) is 22.5. The topological polar surface area (TPSA) is 95.2 Å². The fraction of sp³-hybridized carbons (Fsp3) is 0.733. The Morgan fingerprint density at radius 2 is 0.737 bits per heavy atom. The molecule has 1 aliphatic rings. The van der Waals surface area contributed by atoms with Crippen LogP contribution in [-0.2, 0) is 0 Å². The lowest BCUT2D eigenvalue weighted by atomic mass is 9.62. The van der Waals surface area contributed by atoms with Crippen LogP contribution >= 0.6 is 0 Å². The first-order valence-electron chi connectivity index (χ1n) is 6.85. The maximum atomic E-state index is 9.41. The third-order valence-electron chi connectivity index (χ3n) is 4.10. The Balaban J connectivity index is 3.16. The standard InChI is InChI=1S/C15H18N4/c16-10-14(11-17)8-6-4-2-1-3-5-7-9-15(14,12-18)13-19/h1-9H2. The zero-order valence-corrected chi connectivity index (χ0v) is 11.2. The summed E-state index contributed by atoms with van der Waals surface area (Å²) in [5.74, 6) is 0. The number of hydrogen-bond acceptors (Lipinski definition) is 4. The van der Waals surface area contributed by atoms with E-state index in [0.29, 0.717) is 12.8 Å². The van der Waals surface area contributed by atoms with E-state index in [-0.39, 0.29) is 0 Å². The molecular formula is C15H18N4. The molecule has 1 rings (SSSR count). The monoisotopic (exact) mass is 254 g/mol. The molecule has 0 bridgehead atoms. The lowest BCUT2D eigenvalue weighted by molar-refractivity contribution is 0.249. The van der Waals surface area contributed by atoms with Crippen molar-refractivity contribution in [3.05, 3.63) is 0 Å². The quantitative estimate of drug-likeness (QED) is 0.660. The highest BCUT2D eigenvalue weighted by atomic mass is 14.6. The van der Waals surface area contributed by atoms with E-state index in [1.165, 1.54) is 0 Å². The molecule has 0 aliphatic heterocycles. The third-order valence-corrected chi connectivity index (χ3v) is 4.10. The number of nitriles is 4. The minimum atomic E-state index is -1.49. The SMILES string of the molecule is N#CC1(C#N)CCCCCCCCCC1(C#N)C#N. The Hall–Kier alpha value is -2.04. The van der Waals surface area contributed by atoms with Crippen molar-refractivity contribution in [2.75, 3.05) is 0 Å². The van der Waals surface area contributed by atoms with Gasteiger partial charge in [-0.2, -0.15) is 21.0 Å². The molecule has 0 atom stereocenters. The molecular weight excluding hydrogens is 236 g/mol. The fourth-order valence-corrected chi connectivity index (χ4v) is 2.75. The molecule has 0 aromatic rings. The van der Waals surface area contributed by atoms with Gasteiger partial charge in [-0.15, -0.1) is 0 Å². The van der Waals surface area contributed by atoms with Crippen LogP contribution in [0.2, 0.25) is 0 Å². The van der Waals surface area contributed by atoms with Crippen molar-refractivity contribution >= 4 is 0 Å². The summed E-state index contributed by atoms with van der Waals surface area (Å²) < 4.78 is 0. The molecule has 19 heavy (non-hydrogen) atoms. The predicted octanol–water partition coefficient (Wildman–Crippen LogP) is 3.58. The van der Waals surface area contributed by atoms with Crippen molar-refractivity contribution in [2.24, 2.45) is 10.8 Å². The van der Waals surface area contributed by atoms with E-state index < -0.39 is 10.8 Å². The van der Waals surface area contributed by atoms with Crippen molar-refractivity contribution in [1.29, 1.82) is 21.0 Å².